The van der Waals surface area contributed by atoms with E-state index in [1.165, 1.54) is 0 Å². The number of carbonyl (C=O) groups is 2. The van der Waals surface area contributed by atoms with Gasteiger partial charge in [-0.15, -0.1) is 6.58 Å². The van der Waals surface area contributed by atoms with Crippen molar-refractivity contribution in [2.24, 2.45) is 5.41 Å². The van der Waals surface area contributed by atoms with Gasteiger partial charge in [-0.05, 0) is 13.3 Å². The van der Waals surface area contributed by atoms with Crippen LogP contribution in [-0.2, 0) is 19.1 Å². The van der Waals surface area contributed by atoms with Crippen LogP contribution in [0.1, 0.15) is 39.5 Å². The first-order valence-electron chi connectivity index (χ1n) is 6.52. The van der Waals surface area contributed by atoms with E-state index in [1.807, 2.05) is 0 Å². The first-order chi connectivity index (χ1) is 8.50. The molecule has 2 aliphatic rings. The van der Waals surface area contributed by atoms with Gasteiger partial charge in [-0.25, -0.2) is 4.79 Å². The molecule has 2 rings (SSSR count). The van der Waals surface area contributed by atoms with Crippen molar-refractivity contribution in [3.05, 3.63) is 12.7 Å². The number of esters is 1. The van der Waals surface area contributed by atoms with E-state index < -0.39 is 17.0 Å². The van der Waals surface area contributed by atoms with Crippen LogP contribution >= 0.6 is 0 Å². The quantitative estimate of drug-likeness (QED) is 0.436. The average molecular weight is 252 g/mol. The van der Waals surface area contributed by atoms with Crippen LogP contribution in [0.15, 0.2) is 12.7 Å². The molecule has 2 fully saturated rings. The molecule has 0 bridgehead atoms. The second kappa shape index (κ2) is 4.50. The number of cyclic esters (lactones) is 1. The first kappa shape index (κ1) is 13.3. The summed E-state index contributed by atoms with van der Waals surface area (Å²) in [4.78, 5) is 24.3. The lowest BCUT2D eigenvalue weighted by Gasteiger charge is -2.31. The van der Waals surface area contributed by atoms with E-state index in [0.717, 1.165) is 19.3 Å². The average Bonchev–Trinajstić information content (AvgIpc) is 2.82. The summed E-state index contributed by atoms with van der Waals surface area (Å²) in [6.07, 6.45) is 4.60. The van der Waals surface area contributed by atoms with E-state index in [2.05, 4.69) is 13.5 Å². The molecule has 0 aromatic rings. The third-order valence-corrected chi connectivity index (χ3v) is 4.07. The van der Waals surface area contributed by atoms with Gasteiger partial charge < -0.3 is 9.47 Å². The molecule has 0 aliphatic carbocycles. The van der Waals surface area contributed by atoms with Crippen LogP contribution in [0, 0.1) is 5.41 Å². The minimum absolute atomic E-state index is 0.159. The van der Waals surface area contributed by atoms with Crippen molar-refractivity contribution in [1.29, 1.82) is 0 Å². The third-order valence-electron chi connectivity index (χ3n) is 4.07. The number of carbonyl (C=O) groups excluding carboxylic acids is 2. The van der Waals surface area contributed by atoms with Crippen LogP contribution in [0.2, 0.25) is 0 Å². The van der Waals surface area contributed by atoms with Gasteiger partial charge in [0.15, 0.2) is 5.78 Å². The van der Waals surface area contributed by atoms with Crippen LogP contribution < -0.4 is 0 Å². The molecule has 2 heterocycles. The summed E-state index contributed by atoms with van der Waals surface area (Å²) < 4.78 is 10.9. The maximum absolute atomic E-state index is 12.3. The SMILES string of the molecule is C=C[C@@]1(C)COC(=O)[C@]12OC(CCCC)CC2=O. The van der Waals surface area contributed by atoms with E-state index in [4.69, 9.17) is 9.47 Å². The highest BCUT2D eigenvalue weighted by Crippen LogP contribution is 2.48. The van der Waals surface area contributed by atoms with Crippen LogP contribution in [0.4, 0.5) is 0 Å². The van der Waals surface area contributed by atoms with E-state index in [9.17, 15) is 9.59 Å². The first-order valence-corrected chi connectivity index (χ1v) is 6.52. The highest BCUT2D eigenvalue weighted by Gasteiger charge is 2.68. The lowest BCUT2D eigenvalue weighted by atomic mass is 9.73. The Balaban J connectivity index is 2.27. The molecule has 2 saturated heterocycles. The predicted octanol–water partition coefficient (Wildman–Crippen LogP) is 2.02. The Labute approximate surface area is 107 Å². The minimum Gasteiger partial charge on any atom is -0.462 e. The van der Waals surface area contributed by atoms with Crippen LogP contribution in [0.5, 0.6) is 0 Å². The molecule has 18 heavy (non-hydrogen) atoms. The van der Waals surface area contributed by atoms with Crippen LogP contribution in [0.3, 0.4) is 0 Å². The molecule has 3 atom stereocenters. The Hall–Kier alpha value is -1.16. The zero-order chi connectivity index (χ0) is 13.4. The van der Waals surface area contributed by atoms with Gasteiger partial charge in [0.25, 0.3) is 0 Å². The molecule has 2 aliphatic heterocycles. The normalized spacial score (nSPS) is 39.3. The van der Waals surface area contributed by atoms with E-state index in [0.29, 0.717) is 6.42 Å². The zero-order valence-corrected chi connectivity index (χ0v) is 11.0. The van der Waals surface area contributed by atoms with Gasteiger partial charge in [-0.3, -0.25) is 4.79 Å². The fourth-order valence-electron chi connectivity index (χ4n) is 2.77. The van der Waals surface area contributed by atoms with Gasteiger partial charge in [0, 0.05) is 6.42 Å². The Bertz CT molecular complexity index is 389. The Morgan fingerprint density at radius 3 is 2.83 bits per heavy atom. The lowest BCUT2D eigenvalue weighted by Crippen LogP contribution is -2.52. The summed E-state index contributed by atoms with van der Waals surface area (Å²) in [6.45, 7) is 7.78. The highest BCUT2D eigenvalue weighted by molar-refractivity contribution is 6.11. The summed E-state index contributed by atoms with van der Waals surface area (Å²) in [5.74, 6) is -0.706. The number of Topliss-reactive ketones (excluding diaryl/α,β-unsaturated/α-hetero) is 1. The smallest absolute Gasteiger partial charge is 0.347 e. The summed E-state index contributed by atoms with van der Waals surface area (Å²) >= 11 is 0. The molecule has 0 saturated carbocycles. The second-order valence-corrected chi connectivity index (χ2v) is 5.39. The monoisotopic (exact) mass is 252 g/mol. The van der Waals surface area contributed by atoms with E-state index in [-0.39, 0.29) is 18.5 Å². The lowest BCUT2D eigenvalue weighted by molar-refractivity contribution is -0.165. The summed E-state index contributed by atoms with van der Waals surface area (Å²) in [5, 5.41) is 0. The summed E-state index contributed by atoms with van der Waals surface area (Å²) in [7, 11) is 0. The van der Waals surface area contributed by atoms with E-state index in [1.54, 1.807) is 13.0 Å². The molecule has 0 amide bonds. The molecule has 0 N–H and O–H groups in total. The largest absolute Gasteiger partial charge is 0.462 e. The molecule has 1 spiro atoms. The Kier molecular flexibility index (Phi) is 3.32. The van der Waals surface area contributed by atoms with Gasteiger partial charge in [0.1, 0.15) is 6.61 Å². The van der Waals surface area contributed by atoms with Crippen molar-refractivity contribution in [1.82, 2.24) is 0 Å². The predicted molar refractivity (Wildman–Crippen MR) is 66.0 cm³/mol. The van der Waals surface area contributed by atoms with E-state index >= 15 is 0 Å². The minimum atomic E-state index is -1.44. The summed E-state index contributed by atoms with van der Waals surface area (Å²) in [5.41, 5.74) is -2.19. The number of ether oxygens (including phenoxy) is 2. The maximum Gasteiger partial charge on any atom is 0.347 e. The fraction of sp³-hybridized carbons (Fsp3) is 0.714. The molecule has 4 heteroatoms. The maximum atomic E-state index is 12.3. The van der Waals surface area contributed by atoms with Crippen molar-refractivity contribution in [3.8, 4) is 0 Å². The molecular weight excluding hydrogens is 232 g/mol. The topological polar surface area (TPSA) is 52.6 Å². The van der Waals surface area contributed by atoms with Gasteiger partial charge in [0.05, 0.1) is 11.5 Å². The van der Waals surface area contributed by atoms with Gasteiger partial charge in [-0.2, -0.15) is 0 Å². The molecule has 0 aromatic heterocycles. The van der Waals surface area contributed by atoms with Gasteiger partial charge >= 0.3 is 5.97 Å². The molecule has 0 aromatic carbocycles. The van der Waals surface area contributed by atoms with Crippen molar-refractivity contribution < 1.29 is 19.1 Å². The van der Waals surface area contributed by atoms with Crippen LogP contribution in [-0.4, -0.2) is 30.1 Å². The third kappa shape index (κ3) is 1.62. The molecule has 4 nitrogen and oxygen atoms in total. The standard InChI is InChI=1S/C14H20O4/c1-4-6-7-10-8-11(15)14(18-10)12(16)17-9-13(14,3)5-2/h5,10H,2,4,6-9H2,1,3H3/t10?,13-,14-/m0/s1. The number of unbranched alkanes of at least 4 members (excludes halogenated alkanes) is 1. The second-order valence-electron chi connectivity index (χ2n) is 5.39. The number of hydrogen-bond acceptors (Lipinski definition) is 4. The Morgan fingerprint density at radius 1 is 1.50 bits per heavy atom. The molecular formula is C14H20O4. The van der Waals surface area contributed by atoms with Crippen LogP contribution in [0.25, 0.3) is 0 Å². The number of ketones is 1. The van der Waals surface area contributed by atoms with Gasteiger partial charge in [-0.1, -0.05) is 25.8 Å². The van der Waals surface area contributed by atoms with Crippen molar-refractivity contribution in [2.45, 2.75) is 51.2 Å². The van der Waals surface area contributed by atoms with Crippen molar-refractivity contribution in [3.63, 3.8) is 0 Å². The molecule has 1 unspecified atom stereocenters. The van der Waals surface area contributed by atoms with Crippen molar-refractivity contribution in [2.75, 3.05) is 6.61 Å². The highest BCUT2D eigenvalue weighted by atomic mass is 16.6. The fourth-order valence-corrected chi connectivity index (χ4v) is 2.77. The van der Waals surface area contributed by atoms with Gasteiger partial charge in [0.2, 0.25) is 5.60 Å². The summed E-state index contributed by atoms with van der Waals surface area (Å²) in [6, 6.07) is 0. The number of hydrogen-bond donors (Lipinski definition) is 0. The zero-order valence-electron chi connectivity index (χ0n) is 11.0. The molecule has 100 valence electrons. The molecule has 0 radical (unpaired) electrons. The Morgan fingerprint density at radius 2 is 2.22 bits per heavy atom. The number of rotatable bonds is 4. The van der Waals surface area contributed by atoms with Crippen molar-refractivity contribution >= 4 is 11.8 Å².